The maximum absolute atomic E-state index is 13.7. The molecule has 2 aromatic carbocycles. The highest BCUT2D eigenvalue weighted by molar-refractivity contribution is 5.99. The summed E-state index contributed by atoms with van der Waals surface area (Å²) in [7, 11) is 3.90. The van der Waals surface area contributed by atoms with Crippen molar-refractivity contribution in [1.29, 1.82) is 0 Å². The molecule has 33 heavy (non-hydrogen) atoms. The molecule has 174 valence electrons. The predicted molar refractivity (Wildman–Crippen MR) is 127 cm³/mol. The number of fused-ring (bicyclic) bond motifs is 2. The minimum absolute atomic E-state index is 0.118. The molecule has 1 aromatic heterocycles. The Labute approximate surface area is 193 Å². The highest BCUT2D eigenvalue weighted by Crippen LogP contribution is 2.41. The lowest BCUT2D eigenvalue weighted by Crippen LogP contribution is -2.35. The van der Waals surface area contributed by atoms with Gasteiger partial charge in [0, 0.05) is 13.1 Å². The van der Waals surface area contributed by atoms with Gasteiger partial charge in [0.1, 0.15) is 5.58 Å². The Balaban J connectivity index is 1.92. The number of amides is 1. The summed E-state index contributed by atoms with van der Waals surface area (Å²) in [5.74, 6) is 1.07. The number of rotatable bonds is 8. The number of likely N-dealkylation sites (N-methyl/N-ethyl adjacent to an activating group) is 1. The summed E-state index contributed by atoms with van der Waals surface area (Å²) in [6, 6.07) is 10.5. The maximum atomic E-state index is 13.7. The summed E-state index contributed by atoms with van der Waals surface area (Å²) < 4.78 is 17.5. The predicted octanol–water partition coefficient (Wildman–Crippen LogP) is 4.01. The van der Waals surface area contributed by atoms with Crippen molar-refractivity contribution in [1.82, 2.24) is 9.80 Å². The fourth-order valence-corrected chi connectivity index (χ4v) is 4.26. The molecule has 1 unspecified atom stereocenters. The van der Waals surface area contributed by atoms with Crippen LogP contribution in [0.4, 0.5) is 0 Å². The van der Waals surface area contributed by atoms with Crippen LogP contribution in [0.25, 0.3) is 11.0 Å². The van der Waals surface area contributed by atoms with Crippen LogP contribution in [0.5, 0.6) is 11.5 Å². The molecule has 1 amide bonds. The molecule has 0 aliphatic carbocycles. The summed E-state index contributed by atoms with van der Waals surface area (Å²) in [6.07, 6.45) is 0. The molecule has 0 bridgehead atoms. The Hall–Kier alpha value is -3.32. The molecule has 0 saturated carbocycles. The average molecular weight is 451 g/mol. The van der Waals surface area contributed by atoms with Gasteiger partial charge in [0.15, 0.2) is 16.9 Å². The standard InChI is InChI=1S/C26H30N2O5/c1-6-31-20-11-9-17(15-21(20)32-7-2)23-22-24(29)18-14-16(3)8-10-19(18)33-25(22)26(30)28(23)13-12-27(4)5/h8-11,14-15,23H,6-7,12-13H2,1-5H3. The Kier molecular flexibility index (Phi) is 6.42. The maximum Gasteiger partial charge on any atom is 0.290 e. The molecular weight excluding hydrogens is 420 g/mol. The Morgan fingerprint density at radius 1 is 1.00 bits per heavy atom. The van der Waals surface area contributed by atoms with E-state index in [9.17, 15) is 9.59 Å². The van der Waals surface area contributed by atoms with E-state index in [2.05, 4.69) is 0 Å². The first-order valence-corrected chi connectivity index (χ1v) is 11.3. The quantitative estimate of drug-likeness (QED) is 0.517. The second-order valence-electron chi connectivity index (χ2n) is 8.45. The molecular formula is C26H30N2O5. The Bertz CT molecular complexity index is 1250. The zero-order valence-electron chi connectivity index (χ0n) is 19.8. The second kappa shape index (κ2) is 9.27. The van der Waals surface area contributed by atoms with Crippen molar-refractivity contribution in [2.75, 3.05) is 40.4 Å². The van der Waals surface area contributed by atoms with Crippen LogP contribution in [-0.4, -0.2) is 56.1 Å². The fraction of sp³-hybridized carbons (Fsp3) is 0.385. The lowest BCUT2D eigenvalue weighted by molar-refractivity contribution is 0.0716. The molecule has 3 aromatic rings. The van der Waals surface area contributed by atoms with Gasteiger partial charge in [-0.15, -0.1) is 0 Å². The van der Waals surface area contributed by atoms with Gasteiger partial charge >= 0.3 is 0 Å². The van der Waals surface area contributed by atoms with Crippen molar-refractivity contribution in [3.63, 3.8) is 0 Å². The molecule has 1 aliphatic heterocycles. The number of carbonyl (C=O) groups is 1. The van der Waals surface area contributed by atoms with Crippen molar-refractivity contribution < 1.29 is 18.7 Å². The molecule has 0 N–H and O–H groups in total. The topological polar surface area (TPSA) is 72.2 Å². The molecule has 0 fully saturated rings. The molecule has 1 aliphatic rings. The number of benzene rings is 2. The van der Waals surface area contributed by atoms with Gasteiger partial charge in [-0.2, -0.15) is 0 Å². The van der Waals surface area contributed by atoms with E-state index < -0.39 is 6.04 Å². The molecule has 4 rings (SSSR count). The summed E-state index contributed by atoms with van der Waals surface area (Å²) in [6.45, 7) is 7.83. The summed E-state index contributed by atoms with van der Waals surface area (Å²) >= 11 is 0. The SMILES string of the molecule is CCOc1ccc(C2c3c(oc4ccc(C)cc4c3=O)C(=O)N2CCN(C)C)cc1OCC. The monoisotopic (exact) mass is 450 g/mol. The number of hydrogen-bond donors (Lipinski definition) is 0. The molecule has 0 radical (unpaired) electrons. The average Bonchev–Trinajstić information content (AvgIpc) is 3.06. The van der Waals surface area contributed by atoms with Crippen LogP contribution >= 0.6 is 0 Å². The molecule has 7 nitrogen and oxygen atoms in total. The number of nitrogens with zero attached hydrogens (tertiary/aromatic N) is 2. The second-order valence-corrected chi connectivity index (χ2v) is 8.45. The van der Waals surface area contributed by atoms with Crippen molar-refractivity contribution in [2.24, 2.45) is 0 Å². The zero-order chi connectivity index (χ0) is 23.7. The lowest BCUT2D eigenvalue weighted by atomic mass is 9.97. The molecule has 0 saturated heterocycles. The van der Waals surface area contributed by atoms with Crippen LogP contribution in [0.2, 0.25) is 0 Å². The van der Waals surface area contributed by atoms with Crippen molar-refractivity contribution in [2.45, 2.75) is 26.8 Å². The fourth-order valence-electron chi connectivity index (χ4n) is 4.26. The normalized spacial score (nSPS) is 15.4. The van der Waals surface area contributed by atoms with Gasteiger partial charge in [-0.3, -0.25) is 9.59 Å². The van der Waals surface area contributed by atoms with Crippen LogP contribution in [-0.2, 0) is 0 Å². The van der Waals surface area contributed by atoms with Crippen LogP contribution in [0.15, 0.2) is 45.6 Å². The van der Waals surface area contributed by atoms with Gasteiger partial charge < -0.3 is 23.7 Å². The van der Waals surface area contributed by atoms with E-state index in [4.69, 9.17) is 13.9 Å². The Morgan fingerprint density at radius 2 is 1.73 bits per heavy atom. The van der Waals surface area contributed by atoms with Gasteiger partial charge in [-0.1, -0.05) is 17.7 Å². The van der Waals surface area contributed by atoms with E-state index >= 15 is 0 Å². The summed E-state index contributed by atoms with van der Waals surface area (Å²) in [5.41, 5.74) is 2.37. The highest BCUT2D eigenvalue weighted by atomic mass is 16.5. The molecule has 2 heterocycles. The highest BCUT2D eigenvalue weighted by Gasteiger charge is 2.42. The molecule has 0 spiro atoms. The number of ether oxygens (including phenoxy) is 2. The first-order chi connectivity index (χ1) is 15.8. The summed E-state index contributed by atoms with van der Waals surface area (Å²) in [4.78, 5) is 30.8. The van der Waals surface area contributed by atoms with E-state index in [1.54, 1.807) is 11.0 Å². The third-order valence-corrected chi connectivity index (χ3v) is 5.79. The van der Waals surface area contributed by atoms with E-state index in [1.807, 2.05) is 70.1 Å². The van der Waals surface area contributed by atoms with Crippen LogP contribution < -0.4 is 14.9 Å². The smallest absolute Gasteiger partial charge is 0.290 e. The van der Waals surface area contributed by atoms with Gasteiger partial charge in [-0.25, -0.2) is 0 Å². The first kappa shape index (κ1) is 22.9. The minimum atomic E-state index is -0.566. The van der Waals surface area contributed by atoms with Crippen molar-refractivity contribution in [3.8, 4) is 11.5 Å². The number of hydrogen-bond acceptors (Lipinski definition) is 6. The van der Waals surface area contributed by atoms with Crippen LogP contribution in [0, 0.1) is 6.92 Å². The third-order valence-electron chi connectivity index (χ3n) is 5.79. The van der Waals surface area contributed by atoms with Crippen molar-refractivity contribution in [3.05, 3.63) is 69.1 Å². The molecule has 7 heteroatoms. The van der Waals surface area contributed by atoms with Crippen molar-refractivity contribution >= 4 is 16.9 Å². The van der Waals surface area contributed by atoms with Gasteiger partial charge in [-0.05, 0) is 64.7 Å². The van der Waals surface area contributed by atoms with Gasteiger partial charge in [0.25, 0.3) is 5.91 Å². The van der Waals surface area contributed by atoms with E-state index in [0.29, 0.717) is 54.3 Å². The Morgan fingerprint density at radius 3 is 2.42 bits per heavy atom. The number of carbonyl (C=O) groups excluding carboxylic acids is 1. The van der Waals surface area contributed by atoms with E-state index in [0.717, 1.165) is 11.1 Å². The lowest BCUT2D eigenvalue weighted by Gasteiger charge is -2.27. The summed E-state index contributed by atoms with van der Waals surface area (Å²) in [5, 5.41) is 0.483. The van der Waals surface area contributed by atoms with Crippen LogP contribution in [0.3, 0.4) is 0 Å². The number of aryl methyl sites for hydroxylation is 1. The largest absolute Gasteiger partial charge is 0.490 e. The van der Waals surface area contributed by atoms with Gasteiger partial charge in [0.05, 0.1) is 30.2 Å². The zero-order valence-corrected chi connectivity index (χ0v) is 19.8. The minimum Gasteiger partial charge on any atom is -0.490 e. The van der Waals surface area contributed by atoms with Crippen LogP contribution in [0.1, 0.15) is 47.1 Å². The van der Waals surface area contributed by atoms with E-state index in [1.165, 1.54) is 0 Å². The molecule has 1 atom stereocenters. The van der Waals surface area contributed by atoms with Gasteiger partial charge in [0.2, 0.25) is 5.76 Å². The van der Waals surface area contributed by atoms with E-state index in [-0.39, 0.29) is 17.1 Å². The third kappa shape index (κ3) is 4.20. The first-order valence-electron chi connectivity index (χ1n) is 11.3.